The first-order valence-electron chi connectivity index (χ1n) is 9.68. The van der Waals surface area contributed by atoms with Gasteiger partial charge in [-0.05, 0) is 36.8 Å². The molecule has 0 atom stereocenters. The molecule has 0 unspecified atom stereocenters. The molecule has 0 aliphatic carbocycles. The molecule has 4 aromatic rings. The van der Waals surface area contributed by atoms with Crippen LogP contribution in [-0.2, 0) is 13.1 Å². The van der Waals surface area contributed by atoms with E-state index < -0.39 is 17.2 Å². The maximum absolute atomic E-state index is 13.1. The van der Waals surface area contributed by atoms with Crippen molar-refractivity contribution in [1.29, 1.82) is 0 Å². The van der Waals surface area contributed by atoms with Gasteiger partial charge in [0.25, 0.3) is 11.5 Å². The summed E-state index contributed by atoms with van der Waals surface area (Å²) in [6.07, 6.45) is 1.49. The average molecular weight is 416 g/mol. The summed E-state index contributed by atoms with van der Waals surface area (Å²) in [5.74, 6) is -0.158. The molecule has 2 aromatic carbocycles. The fourth-order valence-electron chi connectivity index (χ4n) is 3.19. The third-order valence-corrected chi connectivity index (χ3v) is 4.70. The molecule has 8 heteroatoms. The van der Waals surface area contributed by atoms with Crippen molar-refractivity contribution in [2.75, 3.05) is 0 Å². The lowest BCUT2D eigenvalue weighted by molar-refractivity contribution is 0.0938. The van der Waals surface area contributed by atoms with E-state index in [1.165, 1.54) is 6.26 Å². The van der Waals surface area contributed by atoms with E-state index in [-0.39, 0.29) is 18.8 Å². The third kappa shape index (κ3) is 4.37. The Morgan fingerprint density at radius 2 is 1.84 bits per heavy atom. The SMILES string of the molecule is Cc1cccc(Cn2c(=O)c(C(=O)NCc3ccco3)nn(-c3ccccc3)c2=O)c1. The Labute approximate surface area is 177 Å². The van der Waals surface area contributed by atoms with Crippen LogP contribution in [0, 0.1) is 6.92 Å². The quantitative estimate of drug-likeness (QED) is 0.520. The second-order valence-corrected chi connectivity index (χ2v) is 7.02. The van der Waals surface area contributed by atoms with Crippen LogP contribution in [0.3, 0.4) is 0 Å². The molecule has 1 N–H and O–H groups in total. The zero-order valence-corrected chi connectivity index (χ0v) is 16.8. The molecule has 0 spiro atoms. The molecular formula is C23H20N4O4. The maximum atomic E-state index is 13.1. The Hall–Kier alpha value is -4.20. The first-order chi connectivity index (χ1) is 15.0. The van der Waals surface area contributed by atoms with E-state index in [0.717, 1.165) is 20.4 Å². The number of benzene rings is 2. The summed E-state index contributed by atoms with van der Waals surface area (Å²) in [4.78, 5) is 39.0. The van der Waals surface area contributed by atoms with Crippen molar-refractivity contribution in [2.24, 2.45) is 0 Å². The summed E-state index contributed by atoms with van der Waals surface area (Å²) in [6, 6.07) is 19.5. The third-order valence-electron chi connectivity index (χ3n) is 4.70. The van der Waals surface area contributed by atoms with Crippen LogP contribution in [0.1, 0.15) is 27.4 Å². The largest absolute Gasteiger partial charge is 0.467 e. The van der Waals surface area contributed by atoms with Crippen LogP contribution in [0.5, 0.6) is 0 Å². The van der Waals surface area contributed by atoms with Gasteiger partial charge >= 0.3 is 5.69 Å². The minimum atomic E-state index is -0.754. The summed E-state index contributed by atoms with van der Waals surface area (Å²) in [6.45, 7) is 2.04. The first-order valence-corrected chi connectivity index (χ1v) is 9.68. The number of aromatic nitrogens is 3. The fourth-order valence-corrected chi connectivity index (χ4v) is 3.19. The second kappa shape index (κ2) is 8.66. The molecule has 1 amide bonds. The van der Waals surface area contributed by atoms with Crippen LogP contribution in [0.25, 0.3) is 5.69 Å². The fraction of sp³-hybridized carbons (Fsp3) is 0.130. The Bertz CT molecular complexity index is 1320. The monoisotopic (exact) mass is 416 g/mol. The number of para-hydroxylation sites is 1. The van der Waals surface area contributed by atoms with E-state index in [4.69, 9.17) is 4.42 Å². The van der Waals surface area contributed by atoms with Crippen LogP contribution in [0.15, 0.2) is 87.0 Å². The van der Waals surface area contributed by atoms with Gasteiger partial charge in [0.1, 0.15) is 5.76 Å². The van der Waals surface area contributed by atoms with Crippen molar-refractivity contribution in [3.63, 3.8) is 0 Å². The van der Waals surface area contributed by atoms with E-state index in [1.54, 1.807) is 42.5 Å². The van der Waals surface area contributed by atoms with Gasteiger partial charge in [-0.1, -0.05) is 48.0 Å². The summed E-state index contributed by atoms with van der Waals surface area (Å²) < 4.78 is 7.30. The molecule has 8 nitrogen and oxygen atoms in total. The predicted octanol–water partition coefficient (Wildman–Crippen LogP) is 2.27. The maximum Gasteiger partial charge on any atom is 0.352 e. The number of amides is 1. The molecule has 0 bridgehead atoms. The van der Waals surface area contributed by atoms with Gasteiger partial charge in [0.2, 0.25) is 5.69 Å². The topological polar surface area (TPSA) is 99.1 Å². The molecular weight excluding hydrogens is 396 g/mol. The molecule has 2 heterocycles. The number of carbonyl (C=O) groups excluding carboxylic acids is 1. The Balaban J connectivity index is 1.79. The first kappa shape index (κ1) is 20.1. The number of hydrogen-bond acceptors (Lipinski definition) is 5. The molecule has 156 valence electrons. The van der Waals surface area contributed by atoms with Crippen molar-refractivity contribution in [1.82, 2.24) is 19.7 Å². The summed E-state index contributed by atoms with van der Waals surface area (Å²) in [7, 11) is 0. The second-order valence-electron chi connectivity index (χ2n) is 7.02. The van der Waals surface area contributed by atoms with Crippen LogP contribution in [0.2, 0.25) is 0 Å². The zero-order valence-electron chi connectivity index (χ0n) is 16.8. The van der Waals surface area contributed by atoms with E-state index in [0.29, 0.717) is 11.4 Å². The molecule has 0 radical (unpaired) electrons. The number of aryl methyl sites for hydroxylation is 1. The van der Waals surface area contributed by atoms with Crippen molar-refractivity contribution in [2.45, 2.75) is 20.0 Å². The van der Waals surface area contributed by atoms with E-state index in [1.807, 2.05) is 31.2 Å². The smallest absolute Gasteiger partial charge is 0.352 e. The predicted molar refractivity (Wildman–Crippen MR) is 114 cm³/mol. The Kier molecular flexibility index (Phi) is 5.61. The number of hydrogen-bond donors (Lipinski definition) is 1. The highest BCUT2D eigenvalue weighted by molar-refractivity contribution is 5.91. The standard InChI is InChI=1S/C23H20N4O4/c1-16-7-5-8-17(13-16)15-26-22(29)20(21(28)24-14-19-11-6-12-31-19)25-27(23(26)30)18-9-3-2-4-10-18/h2-13H,14-15H2,1H3,(H,24,28). The molecule has 0 aliphatic heterocycles. The van der Waals surface area contributed by atoms with Crippen molar-refractivity contribution in [3.05, 3.63) is 116 Å². The number of furan rings is 1. The number of carbonyl (C=O) groups is 1. The lowest BCUT2D eigenvalue weighted by atomic mass is 10.1. The van der Waals surface area contributed by atoms with E-state index in [9.17, 15) is 14.4 Å². The molecule has 0 saturated heterocycles. The van der Waals surface area contributed by atoms with Gasteiger partial charge in [-0.3, -0.25) is 14.2 Å². The minimum Gasteiger partial charge on any atom is -0.467 e. The molecule has 0 aliphatic rings. The number of rotatable bonds is 6. The van der Waals surface area contributed by atoms with Crippen LogP contribution in [-0.4, -0.2) is 20.3 Å². The van der Waals surface area contributed by atoms with E-state index in [2.05, 4.69) is 10.4 Å². The molecule has 0 saturated carbocycles. The zero-order chi connectivity index (χ0) is 21.8. The Morgan fingerprint density at radius 1 is 1.03 bits per heavy atom. The van der Waals surface area contributed by atoms with Gasteiger partial charge < -0.3 is 9.73 Å². The highest BCUT2D eigenvalue weighted by Crippen LogP contribution is 2.06. The van der Waals surface area contributed by atoms with Gasteiger partial charge in [-0.2, -0.15) is 9.78 Å². The lowest BCUT2D eigenvalue weighted by Gasteiger charge is -2.12. The summed E-state index contributed by atoms with van der Waals surface area (Å²) >= 11 is 0. The van der Waals surface area contributed by atoms with Gasteiger partial charge in [0, 0.05) is 0 Å². The molecule has 2 aromatic heterocycles. The van der Waals surface area contributed by atoms with Crippen molar-refractivity contribution >= 4 is 5.91 Å². The van der Waals surface area contributed by atoms with Gasteiger partial charge in [-0.15, -0.1) is 0 Å². The average Bonchev–Trinajstić information content (AvgIpc) is 3.29. The van der Waals surface area contributed by atoms with Crippen LogP contribution < -0.4 is 16.6 Å². The number of nitrogens with zero attached hydrogens (tertiary/aromatic N) is 3. The Morgan fingerprint density at radius 3 is 2.55 bits per heavy atom. The number of nitrogens with one attached hydrogen (secondary N) is 1. The molecule has 31 heavy (non-hydrogen) atoms. The molecule has 4 rings (SSSR count). The van der Waals surface area contributed by atoms with E-state index >= 15 is 0 Å². The minimum absolute atomic E-state index is 0.0210. The highest BCUT2D eigenvalue weighted by Gasteiger charge is 2.20. The lowest BCUT2D eigenvalue weighted by Crippen LogP contribution is -2.46. The van der Waals surface area contributed by atoms with Gasteiger partial charge in [-0.25, -0.2) is 4.79 Å². The van der Waals surface area contributed by atoms with Crippen molar-refractivity contribution in [3.8, 4) is 5.69 Å². The van der Waals surface area contributed by atoms with Gasteiger partial charge in [0.05, 0.1) is 25.0 Å². The summed E-state index contributed by atoms with van der Waals surface area (Å²) in [5.41, 5.74) is 0.468. The van der Waals surface area contributed by atoms with Crippen molar-refractivity contribution < 1.29 is 9.21 Å². The summed E-state index contributed by atoms with van der Waals surface area (Å²) in [5, 5.41) is 6.71. The normalized spacial score (nSPS) is 10.7. The van der Waals surface area contributed by atoms with Crippen LogP contribution in [0.4, 0.5) is 0 Å². The highest BCUT2D eigenvalue weighted by atomic mass is 16.3. The molecule has 0 fully saturated rings. The van der Waals surface area contributed by atoms with Crippen LogP contribution >= 0.6 is 0 Å². The van der Waals surface area contributed by atoms with Gasteiger partial charge in [0.15, 0.2) is 0 Å².